The number of nitrogens with one attached hydrogen (secondary N) is 2. The van der Waals surface area contributed by atoms with E-state index in [9.17, 15) is 14.9 Å². The Morgan fingerprint density at radius 1 is 1.37 bits per heavy atom. The predicted octanol–water partition coefficient (Wildman–Crippen LogP) is 3.08. The molecule has 0 fully saturated rings. The van der Waals surface area contributed by atoms with Crippen molar-refractivity contribution in [3.63, 3.8) is 0 Å². The Morgan fingerprint density at radius 2 is 2.17 bits per heavy atom. The van der Waals surface area contributed by atoms with E-state index in [-0.39, 0.29) is 18.3 Å². The third-order valence-electron chi connectivity index (χ3n) is 3.94. The van der Waals surface area contributed by atoms with Crippen molar-refractivity contribution in [3.05, 3.63) is 34.2 Å². The van der Waals surface area contributed by atoms with Gasteiger partial charge in [-0.1, -0.05) is 18.7 Å². The maximum absolute atomic E-state index is 12.1. The molecule has 3 aromatic heterocycles. The van der Waals surface area contributed by atoms with E-state index >= 15 is 0 Å². The fourth-order valence-electron chi connectivity index (χ4n) is 2.65. The summed E-state index contributed by atoms with van der Waals surface area (Å²) in [6, 6.07) is 2.61. The van der Waals surface area contributed by atoms with E-state index in [0.29, 0.717) is 17.3 Å². The zero-order chi connectivity index (χ0) is 21.7. The number of hydrogen-bond donors (Lipinski definition) is 2. The number of carbonyl (C=O) groups excluding carboxylic acids is 1. The summed E-state index contributed by atoms with van der Waals surface area (Å²) in [4.78, 5) is 31.3. The van der Waals surface area contributed by atoms with Gasteiger partial charge in [0.25, 0.3) is 5.91 Å². The Labute approximate surface area is 176 Å². The van der Waals surface area contributed by atoms with Gasteiger partial charge < -0.3 is 15.1 Å². The van der Waals surface area contributed by atoms with Crippen molar-refractivity contribution in [1.82, 2.24) is 25.1 Å². The van der Waals surface area contributed by atoms with Crippen LogP contribution in [0.3, 0.4) is 0 Å². The predicted molar refractivity (Wildman–Crippen MR) is 113 cm³/mol. The van der Waals surface area contributed by atoms with Gasteiger partial charge in [0, 0.05) is 18.3 Å². The van der Waals surface area contributed by atoms with Crippen LogP contribution in [-0.2, 0) is 6.54 Å². The minimum Gasteiger partial charge on any atom is -0.395 e. The van der Waals surface area contributed by atoms with Crippen LogP contribution >= 0.6 is 11.8 Å². The van der Waals surface area contributed by atoms with Crippen LogP contribution in [0.1, 0.15) is 37.7 Å². The second-order valence-corrected chi connectivity index (χ2v) is 7.82. The summed E-state index contributed by atoms with van der Waals surface area (Å²) in [6.45, 7) is 6.78. The summed E-state index contributed by atoms with van der Waals surface area (Å²) in [5.41, 5.74) is 0.676. The van der Waals surface area contributed by atoms with Crippen molar-refractivity contribution >= 4 is 40.4 Å². The maximum Gasteiger partial charge on any atom is 0.433 e. The summed E-state index contributed by atoms with van der Waals surface area (Å²) >= 11 is 1.58. The maximum atomic E-state index is 12.1. The van der Waals surface area contributed by atoms with Crippen molar-refractivity contribution < 1.29 is 14.1 Å². The number of amides is 1. The molecule has 0 saturated carbocycles. The quantitative estimate of drug-likeness (QED) is 0.213. The molecule has 0 aliphatic heterocycles. The van der Waals surface area contributed by atoms with Crippen LogP contribution in [0.5, 0.6) is 0 Å². The molecule has 0 aliphatic rings. The van der Waals surface area contributed by atoms with Gasteiger partial charge in [0.2, 0.25) is 0 Å². The number of hydrogen-bond acceptors (Lipinski definition) is 9. The molecule has 11 nitrogen and oxygen atoms in total. The van der Waals surface area contributed by atoms with Crippen LogP contribution in [-0.4, -0.2) is 48.9 Å². The number of nitro groups is 1. The van der Waals surface area contributed by atoms with Crippen molar-refractivity contribution in [2.45, 2.75) is 44.9 Å². The minimum absolute atomic E-state index is 0.115. The summed E-state index contributed by atoms with van der Waals surface area (Å²) in [6.07, 6.45) is 2.71. The zero-order valence-electron chi connectivity index (χ0n) is 16.9. The van der Waals surface area contributed by atoms with E-state index in [4.69, 9.17) is 4.42 Å². The highest BCUT2D eigenvalue weighted by atomic mass is 32.2. The number of thioether (sulfide) groups is 1. The molecule has 0 spiro atoms. The number of carbonyl (C=O) groups is 1. The lowest BCUT2D eigenvalue weighted by atomic mass is 10.3. The van der Waals surface area contributed by atoms with Crippen LogP contribution in [0, 0.1) is 10.1 Å². The summed E-state index contributed by atoms with van der Waals surface area (Å²) in [7, 11) is 0. The molecule has 0 bridgehead atoms. The van der Waals surface area contributed by atoms with Crippen LogP contribution in [0.4, 0.5) is 11.7 Å². The number of fused-ring (bicyclic) bond motifs is 1. The molecule has 3 rings (SSSR count). The third-order valence-corrected chi connectivity index (χ3v) is 4.99. The van der Waals surface area contributed by atoms with Crippen LogP contribution in [0.15, 0.2) is 27.9 Å². The number of furan rings is 1. The largest absolute Gasteiger partial charge is 0.433 e. The van der Waals surface area contributed by atoms with E-state index in [1.54, 1.807) is 22.6 Å². The van der Waals surface area contributed by atoms with E-state index in [1.165, 1.54) is 6.07 Å². The Hall–Kier alpha value is -3.15. The lowest BCUT2D eigenvalue weighted by Gasteiger charge is -2.12. The van der Waals surface area contributed by atoms with Gasteiger partial charge in [0.15, 0.2) is 16.6 Å². The third kappa shape index (κ3) is 5.06. The highest BCUT2D eigenvalue weighted by Gasteiger charge is 2.18. The first kappa shape index (κ1) is 21.6. The standard InChI is InChI=1S/C18H23N7O4S/c1-4-9-30-18-22-15(21-11(2)3)12-10-20-24(16(12)23-18)8-7-19-17(26)13-5-6-14(29-13)25(27)28/h5-6,10-11H,4,7-9H2,1-3H3,(H,19,26)(H,21,22,23). The smallest absolute Gasteiger partial charge is 0.395 e. The van der Waals surface area contributed by atoms with Crippen molar-refractivity contribution in [3.8, 4) is 0 Å². The molecule has 0 saturated heterocycles. The van der Waals surface area contributed by atoms with E-state index < -0.39 is 16.7 Å². The molecule has 3 aromatic rings. The second kappa shape index (κ2) is 9.57. The van der Waals surface area contributed by atoms with Gasteiger partial charge in [-0.25, -0.2) is 14.6 Å². The average Bonchev–Trinajstić information content (AvgIpc) is 3.34. The van der Waals surface area contributed by atoms with Gasteiger partial charge in [0.05, 0.1) is 24.2 Å². The first-order chi connectivity index (χ1) is 14.4. The molecular weight excluding hydrogens is 410 g/mol. The molecule has 12 heteroatoms. The van der Waals surface area contributed by atoms with Crippen molar-refractivity contribution in [2.24, 2.45) is 0 Å². The fourth-order valence-corrected chi connectivity index (χ4v) is 3.34. The highest BCUT2D eigenvalue weighted by Crippen LogP contribution is 2.25. The molecule has 2 N–H and O–H groups in total. The number of anilines is 1. The Balaban J connectivity index is 1.73. The van der Waals surface area contributed by atoms with E-state index in [0.717, 1.165) is 29.4 Å². The van der Waals surface area contributed by atoms with Gasteiger partial charge in [-0.05, 0) is 26.3 Å². The molecule has 3 heterocycles. The van der Waals surface area contributed by atoms with Crippen LogP contribution in [0.2, 0.25) is 0 Å². The van der Waals surface area contributed by atoms with Crippen molar-refractivity contribution in [2.75, 3.05) is 17.6 Å². The fraction of sp³-hybridized carbons (Fsp3) is 0.444. The molecule has 0 atom stereocenters. The van der Waals surface area contributed by atoms with Gasteiger partial charge in [0.1, 0.15) is 10.7 Å². The summed E-state index contributed by atoms with van der Waals surface area (Å²) in [5.74, 6) is 0.516. The summed E-state index contributed by atoms with van der Waals surface area (Å²) in [5, 5.41) is 22.5. The SMILES string of the molecule is CCCSc1nc(NC(C)C)c2cnn(CCNC(=O)c3ccc([N+](=O)[O-])o3)c2n1. The van der Waals surface area contributed by atoms with Gasteiger partial charge in [-0.3, -0.25) is 14.9 Å². The Kier molecular flexibility index (Phi) is 6.87. The highest BCUT2D eigenvalue weighted by molar-refractivity contribution is 7.99. The number of nitrogens with zero attached hydrogens (tertiary/aromatic N) is 5. The van der Waals surface area contributed by atoms with Crippen LogP contribution in [0.25, 0.3) is 11.0 Å². The first-order valence-corrected chi connectivity index (χ1v) is 10.5. The normalized spacial score (nSPS) is 11.2. The molecule has 30 heavy (non-hydrogen) atoms. The Morgan fingerprint density at radius 3 is 2.83 bits per heavy atom. The Bertz CT molecular complexity index is 1050. The van der Waals surface area contributed by atoms with Crippen LogP contribution < -0.4 is 10.6 Å². The molecule has 0 aliphatic carbocycles. The molecule has 160 valence electrons. The summed E-state index contributed by atoms with van der Waals surface area (Å²) < 4.78 is 6.60. The first-order valence-electron chi connectivity index (χ1n) is 9.54. The topological polar surface area (TPSA) is 141 Å². The van der Waals surface area contributed by atoms with Gasteiger partial charge in [-0.2, -0.15) is 5.10 Å². The molecule has 1 amide bonds. The van der Waals surface area contributed by atoms with Gasteiger partial charge >= 0.3 is 5.88 Å². The van der Waals surface area contributed by atoms with E-state index in [2.05, 4.69) is 32.6 Å². The number of rotatable bonds is 10. The second-order valence-electron chi connectivity index (χ2n) is 6.76. The zero-order valence-corrected chi connectivity index (χ0v) is 17.7. The van der Waals surface area contributed by atoms with E-state index in [1.807, 2.05) is 13.8 Å². The lowest BCUT2D eigenvalue weighted by molar-refractivity contribution is -0.402. The van der Waals surface area contributed by atoms with Crippen molar-refractivity contribution in [1.29, 1.82) is 0 Å². The minimum atomic E-state index is -0.691. The lowest BCUT2D eigenvalue weighted by Crippen LogP contribution is -2.27. The number of aromatic nitrogens is 4. The molecule has 0 aromatic carbocycles. The average molecular weight is 433 g/mol. The van der Waals surface area contributed by atoms with Gasteiger partial charge in [-0.15, -0.1) is 0 Å². The monoisotopic (exact) mass is 433 g/mol. The molecular formula is C18H23N7O4S. The molecule has 0 unspecified atom stereocenters. The molecule has 0 radical (unpaired) electrons.